The number of halogens is 2. The molecule has 4 N–H and O–H groups in total. The number of alkyl halides is 2. The Morgan fingerprint density at radius 1 is 1.50 bits per heavy atom. The maximum absolute atomic E-state index is 12.1. The molecular weight excluding hydrogens is 324 g/mol. The molecule has 1 aromatic rings. The summed E-state index contributed by atoms with van der Waals surface area (Å²) >= 11 is 0. The fourth-order valence-electron chi connectivity index (χ4n) is 2.43. The van der Waals surface area contributed by atoms with Crippen molar-refractivity contribution in [2.24, 2.45) is 0 Å². The second-order valence-electron chi connectivity index (χ2n) is 5.71. The molecule has 2 rings (SSSR count). The molecule has 1 aliphatic heterocycles. The summed E-state index contributed by atoms with van der Waals surface area (Å²) in [6.45, 7) is -0.153. The number of benzene rings is 1. The highest BCUT2D eigenvalue weighted by Crippen LogP contribution is 2.17. The van der Waals surface area contributed by atoms with Crippen LogP contribution in [0.15, 0.2) is 24.3 Å². The van der Waals surface area contributed by atoms with Gasteiger partial charge in [-0.05, 0) is 31.2 Å². The van der Waals surface area contributed by atoms with Crippen molar-refractivity contribution in [1.29, 1.82) is 0 Å². The number of urea groups is 1. The lowest BCUT2D eigenvalue weighted by molar-refractivity contribution is -0.0498. The number of nitrogens with one attached hydrogen (secondary N) is 3. The molecule has 0 aliphatic carbocycles. The zero-order chi connectivity index (χ0) is 17.6. The van der Waals surface area contributed by atoms with E-state index in [4.69, 9.17) is 4.74 Å². The third kappa shape index (κ3) is 5.29. The van der Waals surface area contributed by atoms with Crippen LogP contribution < -0.4 is 20.7 Å². The number of rotatable bonds is 6. The standard InChI is InChI=1S/C15H21F2N3O4/c1-10-6-23-9-15(8-21,20-10)7-18-14(22)19-11-2-4-12(5-3-11)24-13(16)17/h2-5,10,13,20-21H,6-9H2,1H3,(H2,18,19,22)/t10-,15+/m1/s1. The SMILES string of the molecule is C[C@@H]1COC[C@@](CO)(CNC(=O)Nc2ccc(OC(F)F)cc2)N1. The third-order valence-corrected chi connectivity index (χ3v) is 3.53. The number of hydrogen-bond donors (Lipinski definition) is 4. The van der Waals surface area contributed by atoms with E-state index in [0.717, 1.165) is 0 Å². The molecule has 0 radical (unpaired) electrons. The molecular formula is C15H21F2N3O4. The first-order chi connectivity index (χ1) is 11.4. The lowest BCUT2D eigenvalue weighted by Gasteiger charge is -2.39. The molecule has 7 nitrogen and oxygen atoms in total. The van der Waals surface area contributed by atoms with E-state index in [2.05, 4.69) is 20.7 Å². The largest absolute Gasteiger partial charge is 0.435 e. The van der Waals surface area contributed by atoms with E-state index in [0.29, 0.717) is 12.3 Å². The molecule has 1 saturated heterocycles. The van der Waals surface area contributed by atoms with Crippen molar-refractivity contribution in [3.63, 3.8) is 0 Å². The first-order valence-corrected chi connectivity index (χ1v) is 7.48. The molecule has 9 heteroatoms. The van der Waals surface area contributed by atoms with E-state index in [1.807, 2.05) is 6.92 Å². The molecule has 1 heterocycles. The minimum Gasteiger partial charge on any atom is -0.435 e. The summed E-state index contributed by atoms with van der Waals surface area (Å²) in [6.07, 6.45) is 0. The van der Waals surface area contributed by atoms with Crippen LogP contribution in [0.25, 0.3) is 0 Å². The molecule has 2 atom stereocenters. The molecule has 1 aliphatic rings. The Bertz CT molecular complexity index is 544. The molecule has 1 fully saturated rings. The van der Waals surface area contributed by atoms with Crippen LogP contribution in [0.3, 0.4) is 0 Å². The topological polar surface area (TPSA) is 91.9 Å². The van der Waals surface area contributed by atoms with Gasteiger partial charge < -0.3 is 30.5 Å². The second-order valence-corrected chi connectivity index (χ2v) is 5.71. The van der Waals surface area contributed by atoms with Crippen LogP contribution >= 0.6 is 0 Å². The Balaban J connectivity index is 1.84. The minimum absolute atomic E-state index is 0.00716. The first kappa shape index (κ1) is 18.4. The minimum atomic E-state index is -2.89. The first-order valence-electron chi connectivity index (χ1n) is 7.48. The van der Waals surface area contributed by atoms with Gasteiger partial charge in [-0.25, -0.2) is 4.79 Å². The number of anilines is 1. The summed E-state index contributed by atoms with van der Waals surface area (Å²) in [5.41, 5.74) is -0.308. The molecule has 0 spiro atoms. The van der Waals surface area contributed by atoms with Gasteiger partial charge in [-0.15, -0.1) is 0 Å². The van der Waals surface area contributed by atoms with Gasteiger partial charge in [0.15, 0.2) is 0 Å². The van der Waals surface area contributed by atoms with Crippen LogP contribution in [-0.2, 0) is 4.74 Å². The van der Waals surface area contributed by atoms with Gasteiger partial charge in [-0.2, -0.15) is 8.78 Å². The van der Waals surface area contributed by atoms with E-state index in [1.54, 1.807) is 0 Å². The summed E-state index contributed by atoms with van der Waals surface area (Å²) in [5.74, 6) is 0.00716. The number of amides is 2. The van der Waals surface area contributed by atoms with Gasteiger partial charge in [0.25, 0.3) is 0 Å². The van der Waals surface area contributed by atoms with E-state index >= 15 is 0 Å². The molecule has 134 valence electrons. The van der Waals surface area contributed by atoms with Crippen LogP contribution in [0.5, 0.6) is 5.75 Å². The van der Waals surface area contributed by atoms with Gasteiger partial charge >= 0.3 is 12.6 Å². The lowest BCUT2D eigenvalue weighted by atomic mass is 9.99. The summed E-state index contributed by atoms with van der Waals surface area (Å²) < 4.78 is 33.8. The predicted octanol–water partition coefficient (Wildman–Crippen LogP) is 1.15. The Morgan fingerprint density at radius 2 is 2.21 bits per heavy atom. The maximum atomic E-state index is 12.1. The maximum Gasteiger partial charge on any atom is 0.387 e. The quantitative estimate of drug-likeness (QED) is 0.621. The monoisotopic (exact) mass is 345 g/mol. The van der Waals surface area contributed by atoms with Gasteiger partial charge in [0, 0.05) is 18.3 Å². The molecule has 0 saturated carbocycles. The van der Waals surface area contributed by atoms with Crippen molar-refractivity contribution in [3.05, 3.63) is 24.3 Å². The average Bonchev–Trinajstić information content (AvgIpc) is 2.54. The predicted molar refractivity (Wildman–Crippen MR) is 83.3 cm³/mol. The molecule has 0 unspecified atom stereocenters. The molecule has 1 aromatic carbocycles. The average molecular weight is 345 g/mol. The van der Waals surface area contributed by atoms with Crippen molar-refractivity contribution >= 4 is 11.7 Å². The summed E-state index contributed by atoms with van der Waals surface area (Å²) in [7, 11) is 0. The number of morpholine rings is 1. The number of aliphatic hydroxyl groups excluding tert-OH is 1. The number of carbonyl (C=O) groups is 1. The number of ether oxygens (including phenoxy) is 2. The highest BCUT2D eigenvalue weighted by atomic mass is 19.3. The second kappa shape index (κ2) is 8.22. The molecule has 24 heavy (non-hydrogen) atoms. The van der Waals surface area contributed by atoms with Crippen LogP contribution in [0.2, 0.25) is 0 Å². The normalized spacial score (nSPS) is 23.8. The Hall–Kier alpha value is -1.97. The van der Waals surface area contributed by atoms with Gasteiger partial charge in [-0.3, -0.25) is 0 Å². The van der Waals surface area contributed by atoms with Gasteiger partial charge in [-0.1, -0.05) is 0 Å². The number of carbonyl (C=O) groups excluding carboxylic acids is 1. The molecule has 0 aromatic heterocycles. The van der Waals surface area contributed by atoms with E-state index < -0.39 is 18.2 Å². The Kier molecular flexibility index (Phi) is 6.29. The van der Waals surface area contributed by atoms with Gasteiger partial charge in [0.05, 0.1) is 25.4 Å². The van der Waals surface area contributed by atoms with Crippen molar-refractivity contribution in [3.8, 4) is 5.75 Å². The highest BCUT2D eigenvalue weighted by Gasteiger charge is 2.35. The van der Waals surface area contributed by atoms with Crippen molar-refractivity contribution in [1.82, 2.24) is 10.6 Å². The third-order valence-electron chi connectivity index (χ3n) is 3.53. The van der Waals surface area contributed by atoms with Crippen LogP contribution in [0.1, 0.15) is 6.92 Å². The highest BCUT2D eigenvalue weighted by molar-refractivity contribution is 5.89. The molecule has 0 bridgehead atoms. The number of hydrogen-bond acceptors (Lipinski definition) is 5. The lowest BCUT2D eigenvalue weighted by Crippen LogP contribution is -2.65. The summed E-state index contributed by atoms with van der Waals surface area (Å²) in [5, 5.41) is 18.0. The van der Waals surface area contributed by atoms with Gasteiger partial charge in [0.2, 0.25) is 0 Å². The fourth-order valence-corrected chi connectivity index (χ4v) is 2.43. The van der Waals surface area contributed by atoms with Crippen molar-refractivity contribution in [2.45, 2.75) is 25.1 Å². The summed E-state index contributed by atoms with van der Waals surface area (Å²) in [4.78, 5) is 11.9. The molecule has 2 amide bonds. The summed E-state index contributed by atoms with van der Waals surface area (Å²) in [6, 6.07) is 5.14. The Labute approximate surface area is 138 Å². The van der Waals surface area contributed by atoms with E-state index in [1.165, 1.54) is 24.3 Å². The Morgan fingerprint density at radius 3 is 2.79 bits per heavy atom. The van der Waals surface area contributed by atoms with Crippen LogP contribution in [0.4, 0.5) is 19.3 Å². The van der Waals surface area contributed by atoms with Crippen LogP contribution in [-0.4, -0.2) is 55.7 Å². The van der Waals surface area contributed by atoms with Gasteiger partial charge in [0.1, 0.15) is 5.75 Å². The van der Waals surface area contributed by atoms with Crippen molar-refractivity contribution in [2.75, 3.05) is 31.7 Å². The van der Waals surface area contributed by atoms with Crippen molar-refractivity contribution < 1.29 is 28.2 Å². The fraction of sp³-hybridized carbons (Fsp3) is 0.533. The zero-order valence-electron chi connectivity index (χ0n) is 13.2. The zero-order valence-corrected chi connectivity index (χ0v) is 13.2. The van der Waals surface area contributed by atoms with E-state index in [9.17, 15) is 18.7 Å². The number of aliphatic hydroxyl groups is 1. The smallest absolute Gasteiger partial charge is 0.387 e. The van der Waals surface area contributed by atoms with E-state index in [-0.39, 0.29) is 31.5 Å². The van der Waals surface area contributed by atoms with Crippen LogP contribution in [0, 0.1) is 0 Å².